The minimum Gasteiger partial charge on any atom is -0.371 e. The number of carbonyl (C=O) groups excluding carboxylic acids is 1. The highest BCUT2D eigenvalue weighted by molar-refractivity contribution is 6.01. The summed E-state index contributed by atoms with van der Waals surface area (Å²) in [4.78, 5) is 14.9. The van der Waals surface area contributed by atoms with E-state index >= 15 is 0 Å². The van der Waals surface area contributed by atoms with Crippen LogP contribution in [0.3, 0.4) is 0 Å². The third-order valence-electron chi connectivity index (χ3n) is 5.61. The first-order chi connectivity index (χ1) is 15.1. The zero-order chi connectivity index (χ0) is 21.8. The number of nitrogens with one attached hydrogen (secondary N) is 1. The fourth-order valence-electron chi connectivity index (χ4n) is 3.98. The van der Waals surface area contributed by atoms with E-state index in [9.17, 15) is 18.8 Å². The average molecular weight is 417 g/mol. The predicted octanol–water partition coefficient (Wildman–Crippen LogP) is 4.76. The quantitative estimate of drug-likeness (QED) is 0.651. The Bertz CT molecular complexity index is 1160. The summed E-state index contributed by atoms with van der Waals surface area (Å²) in [5.41, 5.74) is 3.11. The third kappa shape index (κ3) is 4.41. The zero-order valence-corrected chi connectivity index (χ0v) is 16.8. The number of hydrogen-bond acceptors (Lipinski definition) is 3. The molecule has 31 heavy (non-hydrogen) atoms. The van der Waals surface area contributed by atoms with Crippen molar-refractivity contribution < 1.29 is 13.6 Å². The first-order valence-electron chi connectivity index (χ1n) is 10.1. The predicted molar refractivity (Wildman–Crippen MR) is 116 cm³/mol. The second-order valence-electron chi connectivity index (χ2n) is 7.61. The van der Waals surface area contributed by atoms with Crippen molar-refractivity contribution in [2.75, 3.05) is 24.5 Å². The second-order valence-corrected chi connectivity index (χ2v) is 7.61. The van der Waals surface area contributed by atoms with Crippen molar-refractivity contribution in [3.05, 3.63) is 89.5 Å². The summed E-state index contributed by atoms with van der Waals surface area (Å²) in [6, 6.07) is 20.5. The van der Waals surface area contributed by atoms with Crippen LogP contribution in [0.25, 0.3) is 11.1 Å². The molecule has 1 heterocycles. The highest BCUT2D eigenvalue weighted by atomic mass is 19.2. The Labute approximate surface area is 179 Å². The summed E-state index contributed by atoms with van der Waals surface area (Å²) < 4.78 is 26.7. The third-order valence-corrected chi connectivity index (χ3v) is 5.61. The van der Waals surface area contributed by atoms with Gasteiger partial charge in [-0.1, -0.05) is 36.4 Å². The number of carbonyl (C=O) groups is 1. The van der Waals surface area contributed by atoms with E-state index in [1.54, 1.807) is 30.3 Å². The summed E-state index contributed by atoms with van der Waals surface area (Å²) in [6.07, 6.45) is 0.845. The van der Waals surface area contributed by atoms with Gasteiger partial charge >= 0.3 is 0 Å². The molecule has 1 aliphatic heterocycles. The molecule has 0 aliphatic carbocycles. The maximum absolute atomic E-state index is 13.5. The van der Waals surface area contributed by atoms with Crippen LogP contribution in [0.1, 0.15) is 22.3 Å². The van der Waals surface area contributed by atoms with Crippen LogP contribution < -0.4 is 10.2 Å². The minimum atomic E-state index is -0.858. The minimum absolute atomic E-state index is 0.199. The van der Waals surface area contributed by atoms with Gasteiger partial charge in [0.25, 0.3) is 5.91 Å². The van der Waals surface area contributed by atoms with Crippen LogP contribution in [0, 0.1) is 28.9 Å². The van der Waals surface area contributed by atoms with Crippen LogP contribution in [0.2, 0.25) is 0 Å². The molecule has 4 nitrogen and oxygen atoms in total. The lowest BCUT2D eigenvalue weighted by Gasteiger charge is -2.19. The van der Waals surface area contributed by atoms with E-state index in [0.29, 0.717) is 35.5 Å². The Balaban J connectivity index is 1.43. The van der Waals surface area contributed by atoms with E-state index in [1.165, 1.54) is 6.07 Å². The van der Waals surface area contributed by atoms with Crippen molar-refractivity contribution in [3.63, 3.8) is 0 Å². The number of amides is 1. The van der Waals surface area contributed by atoms with Gasteiger partial charge in [-0.05, 0) is 42.2 Å². The highest BCUT2D eigenvalue weighted by Crippen LogP contribution is 2.28. The molecule has 1 atom stereocenters. The van der Waals surface area contributed by atoms with Gasteiger partial charge in [0.1, 0.15) is 0 Å². The largest absolute Gasteiger partial charge is 0.371 e. The summed E-state index contributed by atoms with van der Waals surface area (Å²) in [7, 11) is 0. The second kappa shape index (κ2) is 8.97. The lowest BCUT2D eigenvalue weighted by molar-refractivity contribution is 0.0949. The Hall–Kier alpha value is -3.72. The summed E-state index contributed by atoms with van der Waals surface area (Å²) in [6.45, 7) is 1.86. The van der Waals surface area contributed by atoms with Crippen LogP contribution >= 0.6 is 0 Å². The first-order valence-corrected chi connectivity index (χ1v) is 10.1. The molecule has 0 spiro atoms. The van der Waals surface area contributed by atoms with E-state index in [1.807, 2.05) is 29.2 Å². The van der Waals surface area contributed by atoms with E-state index in [0.717, 1.165) is 24.6 Å². The molecule has 1 amide bonds. The standard InChI is InChI=1S/C25H21F2N3O/c26-23-10-9-19(13-24(23)27)30-12-11-17(16-30)15-29-25(31)22-8-4-3-7-21(22)20-6-2-1-5-18(20)14-28/h1-10,13,17H,11-12,15-16H2,(H,29,31). The van der Waals surface area contributed by atoms with E-state index in [2.05, 4.69) is 11.4 Å². The van der Waals surface area contributed by atoms with Crippen LogP contribution in [-0.2, 0) is 0 Å². The first kappa shape index (κ1) is 20.5. The topological polar surface area (TPSA) is 56.1 Å². The van der Waals surface area contributed by atoms with Crippen LogP contribution in [0.4, 0.5) is 14.5 Å². The van der Waals surface area contributed by atoms with Gasteiger partial charge < -0.3 is 10.2 Å². The monoisotopic (exact) mass is 417 g/mol. The number of hydrogen-bond donors (Lipinski definition) is 1. The number of benzene rings is 3. The van der Waals surface area contributed by atoms with Gasteiger partial charge in [0.2, 0.25) is 0 Å². The molecule has 3 aromatic carbocycles. The molecule has 156 valence electrons. The number of nitriles is 1. The van der Waals surface area contributed by atoms with Crippen molar-refractivity contribution in [2.45, 2.75) is 6.42 Å². The van der Waals surface area contributed by atoms with E-state index in [4.69, 9.17) is 0 Å². The molecule has 0 bridgehead atoms. The number of halogens is 2. The van der Waals surface area contributed by atoms with Crippen molar-refractivity contribution in [1.29, 1.82) is 5.26 Å². The van der Waals surface area contributed by atoms with Gasteiger partial charge in [0.15, 0.2) is 11.6 Å². The summed E-state index contributed by atoms with van der Waals surface area (Å²) >= 11 is 0. The number of rotatable bonds is 5. The van der Waals surface area contributed by atoms with Crippen molar-refractivity contribution >= 4 is 11.6 Å². The molecule has 1 fully saturated rings. The van der Waals surface area contributed by atoms with Crippen LogP contribution in [-0.4, -0.2) is 25.5 Å². The van der Waals surface area contributed by atoms with E-state index < -0.39 is 11.6 Å². The molecule has 1 N–H and O–H groups in total. The fraction of sp³-hybridized carbons (Fsp3) is 0.200. The van der Waals surface area contributed by atoms with Gasteiger partial charge in [0.05, 0.1) is 11.6 Å². The molecular formula is C25H21F2N3O. The van der Waals surface area contributed by atoms with Gasteiger partial charge in [0, 0.05) is 42.5 Å². The Kier molecular flexibility index (Phi) is 5.94. The lowest BCUT2D eigenvalue weighted by atomic mass is 9.95. The summed E-state index contributed by atoms with van der Waals surface area (Å²) in [5.74, 6) is -1.71. The molecule has 6 heteroatoms. The van der Waals surface area contributed by atoms with E-state index in [-0.39, 0.29) is 11.8 Å². The lowest BCUT2D eigenvalue weighted by Crippen LogP contribution is -2.31. The van der Waals surface area contributed by atoms with Crippen LogP contribution in [0.5, 0.6) is 0 Å². The van der Waals surface area contributed by atoms with Gasteiger partial charge in [-0.2, -0.15) is 5.26 Å². The number of anilines is 1. The molecule has 1 aliphatic rings. The SMILES string of the molecule is N#Cc1ccccc1-c1ccccc1C(=O)NCC1CCN(c2ccc(F)c(F)c2)C1. The maximum Gasteiger partial charge on any atom is 0.251 e. The van der Waals surface area contributed by atoms with Gasteiger partial charge in [-0.25, -0.2) is 8.78 Å². The Morgan fingerprint density at radius 3 is 2.55 bits per heavy atom. The van der Waals surface area contributed by atoms with Gasteiger partial charge in [-0.3, -0.25) is 4.79 Å². The molecule has 3 aromatic rings. The zero-order valence-electron chi connectivity index (χ0n) is 16.8. The van der Waals surface area contributed by atoms with Gasteiger partial charge in [-0.15, -0.1) is 0 Å². The van der Waals surface area contributed by atoms with Crippen molar-refractivity contribution in [1.82, 2.24) is 5.32 Å². The Morgan fingerprint density at radius 2 is 1.77 bits per heavy atom. The molecule has 1 saturated heterocycles. The molecule has 1 unspecified atom stereocenters. The fourth-order valence-corrected chi connectivity index (χ4v) is 3.98. The molecule has 0 aromatic heterocycles. The molecule has 0 radical (unpaired) electrons. The van der Waals surface area contributed by atoms with Crippen molar-refractivity contribution in [2.24, 2.45) is 5.92 Å². The Morgan fingerprint density at radius 1 is 1.03 bits per heavy atom. The van der Waals surface area contributed by atoms with Crippen LogP contribution in [0.15, 0.2) is 66.7 Å². The molecule has 4 rings (SSSR count). The van der Waals surface area contributed by atoms with Crippen molar-refractivity contribution in [3.8, 4) is 17.2 Å². The summed E-state index contributed by atoms with van der Waals surface area (Å²) in [5, 5.41) is 12.4. The average Bonchev–Trinajstić information content (AvgIpc) is 3.28. The highest BCUT2D eigenvalue weighted by Gasteiger charge is 2.24. The molecular weight excluding hydrogens is 396 g/mol. The number of nitrogens with zero attached hydrogens (tertiary/aromatic N) is 2. The molecule has 0 saturated carbocycles. The normalized spacial score (nSPS) is 15.5. The maximum atomic E-state index is 13.5. The smallest absolute Gasteiger partial charge is 0.251 e.